The molecule has 2 aromatic rings. The second-order valence-electron chi connectivity index (χ2n) is 3.82. The minimum absolute atomic E-state index is 0.0606. The Morgan fingerprint density at radius 2 is 1.60 bits per heavy atom. The number of rotatable bonds is 5. The van der Waals surface area contributed by atoms with Crippen molar-refractivity contribution < 1.29 is 18.3 Å². The first-order chi connectivity index (χ1) is 9.67. The first-order valence-corrected chi connectivity index (χ1v) is 5.77. The van der Waals surface area contributed by atoms with Crippen molar-refractivity contribution in [2.24, 2.45) is 0 Å². The van der Waals surface area contributed by atoms with Crippen LogP contribution in [0.2, 0.25) is 0 Å². The van der Waals surface area contributed by atoms with Gasteiger partial charge in [-0.25, -0.2) is 18.7 Å². The highest BCUT2D eigenvalue weighted by Crippen LogP contribution is 2.26. The van der Waals surface area contributed by atoms with Crippen molar-refractivity contribution in [3.05, 3.63) is 41.7 Å². The van der Waals surface area contributed by atoms with E-state index < -0.39 is 11.6 Å². The summed E-state index contributed by atoms with van der Waals surface area (Å²) in [6.07, 6.45) is 1.28. The third-order valence-corrected chi connectivity index (χ3v) is 2.66. The minimum Gasteiger partial charge on any atom is -0.481 e. The van der Waals surface area contributed by atoms with Crippen LogP contribution in [0.1, 0.15) is 5.56 Å². The van der Waals surface area contributed by atoms with Gasteiger partial charge in [0, 0.05) is 0 Å². The SMILES string of the molecule is COc1ncnc(OC)c1CNc1c(F)cccc1F. The van der Waals surface area contributed by atoms with Crippen LogP contribution in [0.15, 0.2) is 24.5 Å². The van der Waals surface area contributed by atoms with E-state index in [-0.39, 0.29) is 24.0 Å². The molecule has 0 aliphatic rings. The van der Waals surface area contributed by atoms with Gasteiger partial charge in [-0.2, -0.15) is 0 Å². The molecular formula is C13H13F2N3O2. The van der Waals surface area contributed by atoms with Gasteiger partial charge in [0.2, 0.25) is 11.8 Å². The fourth-order valence-corrected chi connectivity index (χ4v) is 1.73. The quantitative estimate of drug-likeness (QED) is 0.912. The van der Waals surface area contributed by atoms with E-state index in [4.69, 9.17) is 9.47 Å². The summed E-state index contributed by atoms with van der Waals surface area (Å²) in [5.74, 6) is -0.804. The van der Waals surface area contributed by atoms with E-state index in [0.29, 0.717) is 5.56 Å². The lowest BCUT2D eigenvalue weighted by Gasteiger charge is -2.13. The summed E-state index contributed by atoms with van der Waals surface area (Å²) in [6.45, 7) is 0.0606. The van der Waals surface area contributed by atoms with Gasteiger partial charge in [-0.05, 0) is 12.1 Å². The number of hydrogen-bond acceptors (Lipinski definition) is 5. The lowest BCUT2D eigenvalue weighted by Crippen LogP contribution is -2.08. The fraction of sp³-hybridized carbons (Fsp3) is 0.231. The van der Waals surface area contributed by atoms with Crippen LogP contribution in [0.3, 0.4) is 0 Å². The van der Waals surface area contributed by atoms with Crippen molar-refractivity contribution in [1.82, 2.24) is 9.97 Å². The predicted octanol–water partition coefficient (Wildman–Crippen LogP) is 2.38. The van der Waals surface area contributed by atoms with E-state index in [2.05, 4.69) is 15.3 Å². The van der Waals surface area contributed by atoms with Gasteiger partial charge in [-0.3, -0.25) is 0 Å². The Bertz CT molecular complexity index is 566. The van der Waals surface area contributed by atoms with Crippen LogP contribution in [-0.2, 0) is 6.54 Å². The molecule has 106 valence electrons. The van der Waals surface area contributed by atoms with Gasteiger partial charge in [-0.15, -0.1) is 0 Å². The summed E-state index contributed by atoms with van der Waals surface area (Å²) >= 11 is 0. The average molecular weight is 281 g/mol. The molecule has 1 heterocycles. The van der Waals surface area contributed by atoms with Crippen molar-refractivity contribution in [1.29, 1.82) is 0 Å². The zero-order valence-corrected chi connectivity index (χ0v) is 11.0. The number of nitrogens with one attached hydrogen (secondary N) is 1. The standard InChI is InChI=1S/C13H13F2N3O2/c1-19-12-8(13(20-2)18-7-17-12)6-16-11-9(14)4-3-5-10(11)15/h3-5,7,16H,6H2,1-2H3. The summed E-state index contributed by atoms with van der Waals surface area (Å²) in [6, 6.07) is 3.63. The Morgan fingerprint density at radius 1 is 1.05 bits per heavy atom. The molecule has 0 radical (unpaired) electrons. The number of halogens is 2. The van der Waals surface area contributed by atoms with E-state index in [1.807, 2.05) is 0 Å². The Balaban J connectivity index is 2.27. The van der Waals surface area contributed by atoms with Gasteiger partial charge in [0.15, 0.2) is 0 Å². The summed E-state index contributed by atoms with van der Waals surface area (Å²) in [7, 11) is 2.88. The van der Waals surface area contributed by atoms with Gasteiger partial charge < -0.3 is 14.8 Å². The molecule has 0 aliphatic carbocycles. The molecule has 0 fully saturated rings. The van der Waals surface area contributed by atoms with E-state index >= 15 is 0 Å². The zero-order chi connectivity index (χ0) is 14.5. The van der Waals surface area contributed by atoms with Crippen molar-refractivity contribution in [3.63, 3.8) is 0 Å². The maximum atomic E-state index is 13.5. The molecular weight excluding hydrogens is 268 g/mol. The highest BCUT2D eigenvalue weighted by atomic mass is 19.1. The molecule has 0 saturated carbocycles. The molecule has 7 heteroatoms. The number of nitrogens with zero attached hydrogens (tertiary/aromatic N) is 2. The molecule has 0 bridgehead atoms. The number of anilines is 1. The Kier molecular flexibility index (Phi) is 4.29. The molecule has 0 spiro atoms. The molecule has 0 saturated heterocycles. The number of benzene rings is 1. The smallest absolute Gasteiger partial charge is 0.225 e. The van der Waals surface area contributed by atoms with Gasteiger partial charge in [0.25, 0.3) is 0 Å². The molecule has 0 atom stereocenters. The molecule has 1 aromatic heterocycles. The second kappa shape index (κ2) is 6.14. The van der Waals surface area contributed by atoms with Crippen LogP contribution in [0.5, 0.6) is 11.8 Å². The van der Waals surface area contributed by atoms with E-state index in [1.54, 1.807) is 0 Å². The summed E-state index contributed by atoms with van der Waals surface area (Å²) in [5.41, 5.74) is 0.251. The summed E-state index contributed by atoms with van der Waals surface area (Å²) in [4.78, 5) is 7.84. The Labute approximate surface area is 114 Å². The van der Waals surface area contributed by atoms with Gasteiger partial charge >= 0.3 is 0 Å². The van der Waals surface area contributed by atoms with Gasteiger partial charge in [0.1, 0.15) is 23.6 Å². The molecule has 2 rings (SSSR count). The topological polar surface area (TPSA) is 56.3 Å². The molecule has 1 N–H and O–H groups in total. The summed E-state index contributed by atoms with van der Waals surface area (Å²) < 4.78 is 37.2. The highest BCUT2D eigenvalue weighted by Gasteiger charge is 2.15. The zero-order valence-electron chi connectivity index (χ0n) is 11.0. The van der Waals surface area contributed by atoms with Crippen LogP contribution < -0.4 is 14.8 Å². The van der Waals surface area contributed by atoms with Crippen LogP contribution in [0, 0.1) is 11.6 Å². The second-order valence-corrected chi connectivity index (χ2v) is 3.82. The van der Waals surface area contributed by atoms with E-state index in [1.165, 1.54) is 38.7 Å². The van der Waals surface area contributed by atoms with Crippen LogP contribution in [-0.4, -0.2) is 24.2 Å². The van der Waals surface area contributed by atoms with Crippen LogP contribution in [0.25, 0.3) is 0 Å². The van der Waals surface area contributed by atoms with Crippen molar-refractivity contribution >= 4 is 5.69 Å². The van der Waals surface area contributed by atoms with Gasteiger partial charge in [0.05, 0.1) is 26.3 Å². The van der Waals surface area contributed by atoms with Crippen LogP contribution >= 0.6 is 0 Å². The average Bonchev–Trinajstić information content (AvgIpc) is 2.46. The summed E-state index contributed by atoms with van der Waals surface area (Å²) in [5, 5.41) is 2.66. The minimum atomic E-state index is -0.681. The maximum Gasteiger partial charge on any atom is 0.225 e. The first kappa shape index (κ1) is 14.0. The normalized spacial score (nSPS) is 10.2. The van der Waals surface area contributed by atoms with Crippen molar-refractivity contribution in [2.75, 3.05) is 19.5 Å². The molecule has 0 aliphatic heterocycles. The third-order valence-electron chi connectivity index (χ3n) is 2.66. The number of hydrogen-bond donors (Lipinski definition) is 1. The Morgan fingerprint density at radius 3 is 2.10 bits per heavy atom. The first-order valence-electron chi connectivity index (χ1n) is 5.77. The van der Waals surface area contributed by atoms with Crippen molar-refractivity contribution in [2.45, 2.75) is 6.54 Å². The van der Waals surface area contributed by atoms with Crippen LogP contribution in [0.4, 0.5) is 14.5 Å². The number of aromatic nitrogens is 2. The van der Waals surface area contributed by atoms with Crippen molar-refractivity contribution in [3.8, 4) is 11.8 Å². The molecule has 5 nitrogen and oxygen atoms in total. The monoisotopic (exact) mass is 281 g/mol. The van der Waals surface area contributed by atoms with Gasteiger partial charge in [-0.1, -0.05) is 6.07 Å². The predicted molar refractivity (Wildman–Crippen MR) is 68.8 cm³/mol. The third kappa shape index (κ3) is 2.76. The molecule has 0 amide bonds. The lowest BCUT2D eigenvalue weighted by atomic mass is 10.2. The molecule has 1 aromatic carbocycles. The van der Waals surface area contributed by atoms with E-state index in [0.717, 1.165) is 0 Å². The molecule has 20 heavy (non-hydrogen) atoms. The number of ether oxygens (including phenoxy) is 2. The number of methoxy groups -OCH3 is 2. The highest BCUT2D eigenvalue weighted by molar-refractivity contribution is 5.48. The van der Waals surface area contributed by atoms with E-state index in [9.17, 15) is 8.78 Å². The Hall–Kier alpha value is -2.44. The largest absolute Gasteiger partial charge is 0.481 e. The maximum absolute atomic E-state index is 13.5. The molecule has 0 unspecified atom stereocenters. The lowest BCUT2D eigenvalue weighted by molar-refractivity contribution is 0.363. The number of para-hydroxylation sites is 1. The fourth-order valence-electron chi connectivity index (χ4n) is 1.73.